The first kappa shape index (κ1) is 15.4. The number of aromatic amines is 1. The Labute approximate surface area is 131 Å². The molecule has 0 aliphatic carbocycles. The fourth-order valence-corrected chi connectivity index (χ4v) is 3.48. The number of rotatable bonds is 4. The van der Waals surface area contributed by atoms with Crippen LogP contribution in [-0.4, -0.2) is 88.6 Å². The topological polar surface area (TPSA) is 68.4 Å². The highest BCUT2D eigenvalue weighted by molar-refractivity contribution is 5.78. The maximum atomic E-state index is 12.5. The summed E-state index contributed by atoms with van der Waals surface area (Å²) in [6.45, 7) is 4.26. The second-order valence-electron chi connectivity index (χ2n) is 6.67. The van der Waals surface area contributed by atoms with Crippen molar-refractivity contribution in [3.05, 3.63) is 12.2 Å². The zero-order chi connectivity index (χ0) is 15.5. The molecule has 0 radical (unpaired) electrons. The van der Waals surface area contributed by atoms with Crippen LogP contribution in [0.4, 0.5) is 0 Å². The van der Waals surface area contributed by atoms with Gasteiger partial charge in [-0.15, -0.1) is 0 Å². The van der Waals surface area contributed by atoms with E-state index < -0.39 is 0 Å². The van der Waals surface area contributed by atoms with Crippen LogP contribution in [0.25, 0.3) is 0 Å². The Morgan fingerprint density at radius 3 is 2.68 bits per heavy atom. The number of piperidine rings is 1. The van der Waals surface area contributed by atoms with Crippen LogP contribution in [-0.2, 0) is 4.79 Å². The second kappa shape index (κ2) is 6.75. The molecule has 7 heteroatoms. The van der Waals surface area contributed by atoms with Gasteiger partial charge in [-0.3, -0.25) is 14.8 Å². The first-order valence-corrected chi connectivity index (χ1v) is 8.15. The normalized spacial score (nSPS) is 24.3. The average Bonchev–Trinajstić information content (AvgIpc) is 3.19. The molecule has 0 bridgehead atoms. The minimum absolute atomic E-state index is 0.274. The third kappa shape index (κ3) is 3.47. The van der Waals surface area contributed by atoms with Gasteiger partial charge >= 0.3 is 0 Å². The van der Waals surface area contributed by atoms with E-state index >= 15 is 0 Å². The number of nitrogens with zero attached hydrogens (tertiary/aromatic N) is 5. The molecule has 0 aromatic carbocycles. The molecule has 0 unspecified atom stereocenters. The number of nitrogens with one attached hydrogen (secondary N) is 1. The standard InChI is InChI=1S/C15H26N6O/c1-19(2)13-5-6-20(9-13)10-14(22)21-7-3-12(4-8-21)15-16-11-17-18-15/h11-13H,3-10H2,1-2H3,(H,16,17,18)/t13-/m1/s1. The number of amides is 1. The third-order valence-corrected chi connectivity index (χ3v) is 5.00. The molecule has 2 aliphatic heterocycles. The molecule has 2 aliphatic rings. The summed E-state index contributed by atoms with van der Waals surface area (Å²) in [4.78, 5) is 23.2. The lowest BCUT2D eigenvalue weighted by Crippen LogP contribution is -2.44. The van der Waals surface area contributed by atoms with Crippen molar-refractivity contribution >= 4 is 5.91 Å². The summed E-state index contributed by atoms with van der Waals surface area (Å²) < 4.78 is 0. The van der Waals surface area contributed by atoms with Crippen molar-refractivity contribution < 1.29 is 4.79 Å². The fraction of sp³-hybridized carbons (Fsp3) is 0.800. The first-order valence-electron chi connectivity index (χ1n) is 8.15. The highest BCUT2D eigenvalue weighted by atomic mass is 16.2. The zero-order valence-electron chi connectivity index (χ0n) is 13.5. The van der Waals surface area contributed by atoms with E-state index in [0.717, 1.165) is 51.3 Å². The Hall–Kier alpha value is -1.47. The van der Waals surface area contributed by atoms with E-state index in [1.54, 1.807) is 6.33 Å². The number of carbonyl (C=O) groups is 1. The average molecular weight is 306 g/mol. The van der Waals surface area contributed by atoms with Gasteiger partial charge < -0.3 is 9.80 Å². The van der Waals surface area contributed by atoms with Gasteiger partial charge in [0.1, 0.15) is 12.2 Å². The largest absolute Gasteiger partial charge is 0.342 e. The van der Waals surface area contributed by atoms with Crippen molar-refractivity contribution in [1.82, 2.24) is 29.9 Å². The molecular formula is C15H26N6O. The van der Waals surface area contributed by atoms with Crippen LogP contribution in [0.5, 0.6) is 0 Å². The van der Waals surface area contributed by atoms with Crippen molar-refractivity contribution in [2.75, 3.05) is 46.8 Å². The molecule has 7 nitrogen and oxygen atoms in total. The number of likely N-dealkylation sites (tertiary alicyclic amines) is 2. The molecule has 0 saturated carbocycles. The summed E-state index contributed by atoms with van der Waals surface area (Å²) in [5, 5.41) is 6.86. The fourth-order valence-electron chi connectivity index (χ4n) is 3.48. The molecule has 22 heavy (non-hydrogen) atoms. The maximum Gasteiger partial charge on any atom is 0.236 e. The Balaban J connectivity index is 1.44. The summed E-state index contributed by atoms with van der Waals surface area (Å²) >= 11 is 0. The van der Waals surface area contributed by atoms with Crippen molar-refractivity contribution in [1.29, 1.82) is 0 Å². The quantitative estimate of drug-likeness (QED) is 0.857. The number of aromatic nitrogens is 3. The lowest BCUT2D eigenvalue weighted by molar-refractivity contribution is -0.133. The molecular weight excluding hydrogens is 280 g/mol. The summed E-state index contributed by atoms with van der Waals surface area (Å²) in [6, 6.07) is 0.588. The van der Waals surface area contributed by atoms with Crippen molar-refractivity contribution in [2.45, 2.75) is 31.2 Å². The molecule has 1 aromatic heterocycles. The van der Waals surface area contributed by atoms with Crippen molar-refractivity contribution in [3.8, 4) is 0 Å². The lowest BCUT2D eigenvalue weighted by atomic mass is 9.96. The Kier molecular flexibility index (Phi) is 4.73. The highest BCUT2D eigenvalue weighted by Crippen LogP contribution is 2.25. The Morgan fingerprint density at radius 1 is 1.32 bits per heavy atom. The van der Waals surface area contributed by atoms with Gasteiger partial charge in [0, 0.05) is 38.1 Å². The van der Waals surface area contributed by atoms with Crippen LogP contribution >= 0.6 is 0 Å². The highest BCUT2D eigenvalue weighted by Gasteiger charge is 2.29. The molecule has 3 heterocycles. The lowest BCUT2D eigenvalue weighted by Gasteiger charge is -2.32. The van der Waals surface area contributed by atoms with Gasteiger partial charge in [0.05, 0.1) is 6.54 Å². The van der Waals surface area contributed by atoms with Gasteiger partial charge in [-0.05, 0) is 33.4 Å². The minimum Gasteiger partial charge on any atom is -0.342 e. The van der Waals surface area contributed by atoms with Crippen LogP contribution in [0, 0.1) is 0 Å². The van der Waals surface area contributed by atoms with E-state index in [-0.39, 0.29) is 5.91 Å². The summed E-state index contributed by atoms with van der Waals surface area (Å²) in [5.41, 5.74) is 0. The smallest absolute Gasteiger partial charge is 0.236 e. The molecule has 3 rings (SSSR count). The Bertz CT molecular complexity index is 480. The van der Waals surface area contributed by atoms with E-state index in [9.17, 15) is 4.79 Å². The van der Waals surface area contributed by atoms with Crippen LogP contribution < -0.4 is 0 Å². The summed E-state index contributed by atoms with van der Waals surface area (Å²) in [5.74, 6) is 1.65. The summed E-state index contributed by atoms with van der Waals surface area (Å²) in [7, 11) is 4.23. The molecule has 1 N–H and O–H groups in total. The number of H-pyrrole nitrogens is 1. The molecule has 2 saturated heterocycles. The summed E-state index contributed by atoms with van der Waals surface area (Å²) in [6.07, 6.45) is 4.66. The SMILES string of the molecule is CN(C)[C@@H]1CCN(CC(=O)N2CCC(c3ncn[nH]3)CC2)C1. The van der Waals surface area contributed by atoms with E-state index in [4.69, 9.17) is 0 Å². The predicted octanol–water partition coefficient (Wildman–Crippen LogP) is 0.147. The third-order valence-electron chi connectivity index (χ3n) is 5.00. The molecule has 1 aromatic rings. The van der Waals surface area contributed by atoms with E-state index in [1.807, 2.05) is 4.90 Å². The number of carbonyl (C=O) groups excluding carboxylic acids is 1. The van der Waals surface area contributed by atoms with E-state index in [1.165, 1.54) is 0 Å². The number of likely N-dealkylation sites (N-methyl/N-ethyl adjacent to an activating group) is 1. The maximum absolute atomic E-state index is 12.5. The van der Waals surface area contributed by atoms with Crippen molar-refractivity contribution in [3.63, 3.8) is 0 Å². The van der Waals surface area contributed by atoms with Gasteiger partial charge in [0.2, 0.25) is 5.91 Å². The molecule has 2 fully saturated rings. The molecule has 1 atom stereocenters. The first-order chi connectivity index (χ1) is 10.6. The van der Waals surface area contributed by atoms with Gasteiger partial charge in [0.25, 0.3) is 0 Å². The van der Waals surface area contributed by atoms with E-state index in [0.29, 0.717) is 18.5 Å². The van der Waals surface area contributed by atoms with Crippen LogP contribution in [0.15, 0.2) is 6.33 Å². The van der Waals surface area contributed by atoms with E-state index in [2.05, 4.69) is 39.1 Å². The predicted molar refractivity (Wildman–Crippen MR) is 83.5 cm³/mol. The zero-order valence-corrected chi connectivity index (χ0v) is 13.5. The molecule has 122 valence electrons. The number of hydrogen-bond donors (Lipinski definition) is 1. The number of hydrogen-bond acceptors (Lipinski definition) is 5. The van der Waals surface area contributed by atoms with Crippen LogP contribution in [0.2, 0.25) is 0 Å². The van der Waals surface area contributed by atoms with Crippen molar-refractivity contribution in [2.24, 2.45) is 0 Å². The monoisotopic (exact) mass is 306 g/mol. The van der Waals surface area contributed by atoms with Gasteiger partial charge in [-0.1, -0.05) is 0 Å². The molecule has 0 spiro atoms. The van der Waals surface area contributed by atoms with Crippen LogP contribution in [0.1, 0.15) is 31.0 Å². The van der Waals surface area contributed by atoms with Gasteiger partial charge in [-0.25, -0.2) is 4.98 Å². The second-order valence-corrected chi connectivity index (χ2v) is 6.67. The van der Waals surface area contributed by atoms with Crippen LogP contribution in [0.3, 0.4) is 0 Å². The molecule has 1 amide bonds. The van der Waals surface area contributed by atoms with Gasteiger partial charge in [-0.2, -0.15) is 5.10 Å². The Morgan fingerprint density at radius 2 is 2.09 bits per heavy atom. The minimum atomic E-state index is 0.274. The van der Waals surface area contributed by atoms with Gasteiger partial charge in [0.15, 0.2) is 0 Å².